The zero-order valence-electron chi connectivity index (χ0n) is 14.7. The van der Waals surface area contributed by atoms with Gasteiger partial charge in [0.05, 0.1) is 5.92 Å². The predicted octanol–water partition coefficient (Wildman–Crippen LogP) is 3.15. The Morgan fingerprint density at radius 1 is 1.38 bits per heavy atom. The summed E-state index contributed by atoms with van der Waals surface area (Å²) in [5, 5.41) is 9.16. The van der Waals surface area contributed by atoms with E-state index in [4.69, 9.17) is 9.84 Å². The molecule has 1 aliphatic rings. The number of benzene rings is 1. The molecule has 1 N–H and O–H groups in total. The average Bonchev–Trinajstić information content (AvgIpc) is 2.58. The summed E-state index contributed by atoms with van der Waals surface area (Å²) >= 11 is 0. The molecule has 1 fully saturated rings. The Bertz CT molecular complexity index is 586. The minimum atomic E-state index is -0.770. The first kappa shape index (κ1) is 18.3. The number of rotatable bonds is 6. The van der Waals surface area contributed by atoms with Crippen molar-refractivity contribution in [3.05, 3.63) is 29.8 Å². The van der Waals surface area contributed by atoms with E-state index in [1.807, 2.05) is 31.2 Å². The van der Waals surface area contributed by atoms with Crippen molar-refractivity contribution >= 4 is 11.9 Å². The molecule has 5 nitrogen and oxygen atoms in total. The normalized spacial score (nSPS) is 22.0. The Hall–Kier alpha value is -2.04. The summed E-state index contributed by atoms with van der Waals surface area (Å²) in [7, 11) is 0. The van der Waals surface area contributed by atoms with Gasteiger partial charge >= 0.3 is 5.97 Å². The van der Waals surface area contributed by atoms with Crippen LogP contribution in [0.4, 0.5) is 0 Å². The fourth-order valence-corrected chi connectivity index (χ4v) is 3.21. The van der Waals surface area contributed by atoms with Crippen LogP contribution in [-0.4, -0.2) is 41.6 Å². The van der Waals surface area contributed by atoms with E-state index in [-0.39, 0.29) is 24.3 Å². The van der Waals surface area contributed by atoms with Crippen molar-refractivity contribution in [3.63, 3.8) is 0 Å². The average molecular weight is 333 g/mol. The standard InChI is InChI=1S/C19H27NO4/c1-4-13(2)15-7-5-6-8-17(15)24-12-18(21)20-10-9-16(19(22)23)14(3)11-20/h5-8,13-14,16H,4,9-12H2,1-3H3,(H,22,23). The van der Waals surface area contributed by atoms with Crippen molar-refractivity contribution in [3.8, 4) is 5.75 Å². The van der Waals surface area contributed by atoms with Crippen LogP contribution in [-0.2, 0) is 9.59 Å². The van der Waals surface area contributed by atoms with Crippen LogP contribution in [0.15, 0.2) is 24.3 Å². The van der Waals surface area contributed by atoms with E-state index in [1.54, 1.807) is 4.90 Å². The molecule has 24 heavy (non-hydrogen) atoms. The lowest BCUT2D eigenvalue weighted by Crippen LogP contribution is -2.46. The van der Waals surface area contributed by atoms with Crippen molar-refractivity contribution < 1.29 is 19.4 Å². The van der Waals surface area contributed by atoms with E-state index >= 15 is 0 Å². The van der Waals surface area contributed by atoms with Crippen LogP contribution < -0.4 is 4.74 Å². The van der Waals surface area contributed by atoms with Gasteiger partial charge in [0.15, 0.2) is 6.61 Å². The predicted molar refractivity (Wildman–Crippen MR) is 92.1 cm³/mol. The van der Waals surface area contributed by atoms with Crippen molar-refractivity contribution in [1.82, 2.24) is 4.90 Å². The molecule has 0 saturated carbocycles. The third kappa shape index (κ3) is 4.28. The van der Waals surface area contributed by atoms with E-state index in [1.165, 1.54) is 0 Å². The summed E-state index contributed by atoms with van der Waals surface area (Å²) in [5.74, 6) is -0.108. The Balaban J connectivity index is 1.94. The number of carboxylic acids is 1. The summed E-state index contributed by atoms with van der Waals surface area (Å²) in [4.78, 5) is 25.3. The highest BCUT2D eigenvalue weighted by atomic mass is 16.5. The van der Waals surface area contributed by atoms with Gasteiger partial charge in [-0.2, -0.15) is 0 Å². The summed E-state index contributed by atoms with van der Waals surface area (Å²) in [6, 6.07) is 7.82. The molecule has 0 aromatic heterocycles. The van der Waals surface area contributed by atoms with Gasteiger partial charge in [0, 0.05) is 13.1 Å². The Labute approximate surface area is 143 Å². The number of para-hydroxylation sites is 1. The molecule has 3 atom stereocenters. The van der Waals surface area contributed by atoms with Crippen molar-refractivity contribution in [2.24, 2.45) is 11.8 Å². The lowest BCUT2D eigenvalue weighted by atomic mass is 9.87. The molecule has 1 aromatic carbocycles. The number of carbonyl (C=O) groups excluding carboxylic acids is 1. The second-order valence-corrected chi connectivity index (χ2v) is 6.69. The van der Waals surface area contributed by atoms with Crippen LogP contribution in [0.5, 0.6) is 5.75 Å². The summed E-state index contributed by atoms with van der Waals surface area (Å²) in [6.07, 6.45) is 1.51. The molecule has 0 radical (unpaired) electrons. The fraction of sp³-hybridized carbons (Fsp3) is 0.579. The van der Waals surface area contributed by atoms with Gasteiger partial charge < -0.3 is 14.7 Å². The first-order chi connectivity index (χ1) is 11.4. The number of nitrogens with zero attached hydrogens (tertiary/aromatic N) is 1. The van der Waals surface area contributed by atoms with Crippen molar-refractivity contribution in [2.45, 2.75) is 39.5 Å². The second kappa shape index (κ2) is 8.18. The van der Waals surface area contributed by atoms with Gasteiger partial charge in [0.2, 0.25) is 0 Å². The monoisotopic (exact) mass is 333 g/mol. The number of hydrogen-bond donors (Lipinski definition) is 1. The first-order valence-electron chi connectivity index (χ1n) is 8.66. The number of amides is 1. The minimum absolute atomic E-state index is 0.00208. The number of likely N-dealkylation sites (tertiary alicyclic amines) is 1. The van der Waals surface area contributed by atoms with Crippen LogP contribution in [0.25, 0.3) is 0 Å². The number of carbonyl (C=O) groups is 2. The number of aliphatic carboxylic acids is 1. The molecule has 5 heteroatoms. The van der Waals surface area contributed by atoms with Crippen LogP contribution in [0, 0.1) is 11.8 Å². The van der Waals surface area contributed by atoms with E-state index in [9.17, 15) is 9.59 Å². The van der Waals surface area contributed by atoms with Gasteiger partial charge in [-0.15, -0.1) is 0 Å². The molecule has 0 spiro atoms. The van der Waals surface area contributed by atoms with Crippen LogP contribution in [0.1, 0.15) is 45.1 Å². The molecule has 3 unspecified atom stereocenters. The molecule has 1 saturated heterocycles. The maximum Gasteiger partial charge on any atom is 0.306 e. The fourth-order valence-electron chi connectivity index (χ4n) is 3.21. The van der Waals surface area contributed by atoms with Gasteiger partial charge in [-0.3, -0.25) is 9.59 Å². The second-order valence-electron chi connectivity index (χ2n) is 6.69. The third-order valence-corrected chi connectivity index (χ3v) is 4.99. The molecule has 0 bridgehead atoms. The highest BCUT2D eigenvalue weighted by Gasteiger charge is 2.33. The summed E-state index contributed by atoms with van der Waals surface area (Å²) in [6.45, 7) is 7.11. The van der Waals surface area contributed by atoms with Gasteiger partial charge in [-0.1, -0.05) is 39.0 Å². The molecule has 1 heterocycles. The molecule has 132 valence electrons. The zero-order chi connectivity index (χ0) is 17.7. The minimum Gasteiger partial charge on any atom is -0.483 e. The van der Waals surface area contributed by atoms with E-state index in [2.05, 4.69) is 13.8 Å². The highest BCUT2D eigenvalue weighted by Crippen LogP contribution is 2.28. The number of ether oxygens (including phenoxy) is 1. The highest BCUT2D eigenvalue weighted by molar-refractivity contribution is 5.78. The Kier molecular flexibility index (Phi) is 6.23. The van der Waals surface area contributed by atoms with Crippen LogP contribution in [0.2, 0.25) is 0 Å². The number of piperidine rings is 1. The molecular weight excluding hydrogens is 306 g/mol. The summed E-state index contributed by atoms with van der Waals surface area (Å²) < 4.78 is 5.78. The van der Waals surface area contributed by atoms with Crippen LogP contribution >= 0.6 is 0 Å². The molecule has 1 aliphatic heterocycles. The van der Waals surface area contributed by atoms with Gasteiger partial charge in [-0.05, 0) is 36.3 Å². The Morgan fingerprint density at radius 2 is 2.08 bits per heavy atom. The van der Waals surface area contributed by atoms with E-state index in [0.717, 1.165) is 17.7 Å². The topological polar surface area (TPSA) is 66.8 Å². The van der Waals surface area contributed by atoms with Crippen molar-refractivity contribution in [2.75, 3.05) is 19.7 Å². The molecule has 1 aromatic rings. The lowest BCUT2D eigenvalue weighted by molar-refractivity contribution is -0.148. The lowest BCUT2D eigenvalue weighted by Gasteiger charge is -2.34. The van der Waals surface area contributed by atoms with Gasteiger partial charge in [0.1, 0.15) is 5.75 Å². The van der Waals surface area contributed by atoms with Crippen LogP contribution in [0.3, 0.4) is 0 Å². The maximum absolute atomic E-state index is 12.4. The molecule has 2 rings (SSSR count). The van der Waals surface area contributed by atoms with E-state index < -0.39 is 5.97 Å². The molecule has 0 aliphatic carbocycles. The summed E-state index contributed by atoms with van der Waals surface area (Å²) in [5.41, 5.74) is 1.12. The SMILES string of the molecule is CCC(C)c1ccccc1OCC(=O)N1CCC(C(=O)O)C(C)C1. The molecule has 1 amide bonds. The Morgan fingerprint density at radius 3 is 2.71 bits per heavy atom. The maximum atomic E-state index is 12.4. The first-order valence-corrected chi connectivity index (χ1v) is 8.66. The zero-order valence-corrected chi connectivity index (χ0v) is 14.7. The quantitative estimate of drug-likeness (QED) is 0.868. The third-order valence-electron chi connectivity index (χ3n) is 4.99. The van der Waals surface area contributed by atoms with E-state index in [0.29, 0.717) is 25.4 Å². The number of hydrogen-bond acceptors (Lipinski definition) is 3. The van der Waals surface area contributed by atoms with Crippen molar-refractivity contribution in [1.29, 1.82) is 0 Å². The molecular formula is C19H27NO4. The number of carboxylic acid groups (broad SMARTS) is 1. The van der Waals surface area contributed by atoms with Gasteiger partial charge in [0.25, 0.3) is 5.91 Å². The smallest absolute Gasteiger partial charge is 0.306 e. The van der Waals surface area contributed by atoms with Gasteiger partial charge in [-0.25, -0.2) is 0 Å². The largest absolute Gasteiger partial charge is 0.483 e.